The summed E-state index contributed by atoms with van der Waals surface area (Å²) in [6.45, 7) is 14.7. The molecule has 2 bridgehead atoms. The zero-order chi connectivity index (χ0) is 50.3. The largest absolute Gasteiger partial charge is 0.456 e. The predicted octanol–water partition coefficient (Wildman–Crippen LogP) is 6.56. The van der Waals surface area contributed by atoms with Gasteiger partial charge in [-0.3, -0.25) is 14.4 Å². The number of hydrogen-bond donors (Lipinski definition) is 4. The molecule has 1 saturated heterocycles. The van der Waals surface area contributed by atoms with Crippen molar-refractivity contribution in [2.24, 2.45) is 16.7 Å². The molecule has 3 aliphatic carbocycles. The van der Waals surface area contributed by atoms with Gasteiger partial charge in [0.2, 0.25) is 0 Å². The minimum atomic E-state index is -2.73. The lowest BCUT2D eigenvalue weighted by molar-refractivity contribution is -0.365. The van der Waals surface area contributed by atoms with E-state index in [0.717, 1.165) is 0 Å². The van der Waals surface area contributed by atoms with Crippen molar-refractivity contribution >= 4 is 38.1 Å². The number of fused-ring (bicyclic) bond motifs is 5. The smallest absolute Gasteiger partial charge is 0.338 e. The molecule has 16 heteroatoms. The van der Waals surface area contributed by atoms with Crippen molar-refractivity contribution in [1.29, 1.82) is 0 Å². The molecule has 2 saturated carbocycles. The van der Waals surface area contributed by atoms with Crippen LogP contribution in [0.4, 0.5) is 0 Å². The lowest BCUT2D eigenvalue weighted by Crippen LogP contribution is -2.82. The molecule has 4 aliphatic rings. The number of benzene rings is 3. The lowest BCUT2D eigenvalue weighted by atomic mass is 9.44. The van der Waals surface area contributed by atoms with Crippen molar-refractivity contribution in [3.05, 3.63) is 119 Å². The highest BCUT2D eigenvalue weighted by atomic mass is 28.4. The van der Waals surface area contributed by atoms with Crippen molar-refractivity contribution in [1.82, 2.24) is 5.32 Å². The molecule has 3 fully saturated rings. The van der Waals surface area contributed by atoms with Crippen LogP contribution in [0.3, 0.4) is 0 Å². The van der Waals surface area contributed by atoms with Gasteiger partial charge in [0.05, 0.1) is 30.2 Å². The number of hydrogen-bond acceptors (Lipinski definition) is 14. The fraction of sp³-hybridized carbons (Fsp3) is 0.528. The third-order valence-corrected chi connectivity index (χ3v) is 20.6. The highest BCUT2D eigenvalue weighted by molar-refractivity contribution is 6.73. The molecule has 15 nitrogen and oxygen atoms in total. The van der Waals surface area contributed by atoms with E-state index in [1.54, 1.807) is 93.6 Å². The zero-order valence-electron chi connectivity index (χ0n) is 40.9. The molecule has 3 aromatic carbocycles. The molecule has 1 aliphatic heterocycles. The molecule has 1 amide bonds. The van der Waals surface area contributed by atoms with E-state index < -0.39 is 121 Å². The zero-order valence-corrected chi connectivity index (χ0v) is 41.9. The first-order valence-corrected chi connectivity index (χ1v) is 26.5. The van der Waals surface area contributed by atoms with E-state index in [-0.39, 0.29) is 24.2 Å². The van der Waals surface area contributed by atoms with E-state index in [9.17, 15) is 34.5 Å². The highest BCUT2D eigenvalue weighted by Crippen LogP contribution is 2.65. The monoisotopic (exact) mass is 969 g/mol. The second-order valence-electron chi connectivity index (χ2n) is 19.9. The summed E-state index contributed by atoms with van der Waals surface area (Å²) in [4.78, 5) is 70.6. The third kappa shape index (κ3) is 9.08. The van der Waals surface area contributed by atoms with Crippen molar-refractivity contribution in [2.75, 3.05) is 6.61 Å². The average Bonchev–Trinajstić information content (AvgIpc) is 3.33. The van der Waals surface area contributed by atoms with Crippen LogP contribution in [0.15, 0.2) is 102 Å². The molecule has 7 rings (SSSR count). The summed E-state index contributed by atoms with van der Waals surface area (Å²) in [7, 11) is -2.73. The fourth-order valence-electron chi connectivity index (χ4n) is 11.8. The van der Waals surface area contributed by atoms with Crippen LogP contribution in [-0.2, 0) is 42.5 Å². The van der Waals surface area contributed by atoms with Gasteiger partial charge in [0.1, 0.15) is 30.0 Å². The number of amides is 1. The van der Waals surface area contributed by atoms with Gasteiger partial charge in [-0.15, -0.1) is 0 Å². The number of esters is 4. The summed E-state index contributed by atoms with van der Waals surface area (Å²) in [5, 5.41) is 42.5. The first kappa shape index (κ1) is 51.6. The minimum Gasteiger partial charge on any atom is -0.456 e. The van der Waals surface area contributed by atoms with Crippen LogP contribution >= 0.6 is 0 Å². The maximum Gasteiger partial charge on any atom is 0.338 e. The van der Waals surface area contributed by atoms with Crippen molar-refractivity contribution < 1.29 is 67.4 Å². The normalized spacial score (nSPS) is 31.2. The van der Waals surface area contributed by atoms with Crippen molar-refractivity contribution in [3.8, 4) is 0 Å². The molecule has 3 aromatic rings. The van der Waals surface area contributed by atoms with Crippen LogP contribution in [-0.4, -0.2) is 114 Å². The number of aliphatic hydroxyl groups is 3. The van der Waals surface area contributed by atoms with Gasteiger partial charge < -0.3 is 48.7 Å². The molecule has 4 N–H and O–H groups in total. The Hall–Kier alpha value is -5.23. The fourth-order valence-corrected chi connectivity index (χ4v) is 14.6. The maximum atomic E-state index is 15.5. The van der Waals surface area contributed by atoms with Crippen LogP contribution in [0, 0.1) is 16.7 Å². The lowest BCUT2D eigenvalue weighted by Gasteiger charge is -2.69. The van der Waals surface area contributed by atoms with Gasteiger partial charge in [0, 0.05) is 43.1 Å². The first-order chi connectivity index (χ1) is 32.6. The topological polar surface area (TPSA) is 213 Å². The summed E-state index contributed by atoms with van der Waals surface area (Å²) in [6, 6.07) is 26.4. The predicted molar refractivity (Wildman–Crippen MR) is 255 cm³/mol. The second kappa shape index (κ2) is 19.9. The van der Waals surface area contributed by atoms with Crippen LogP contribution in [0.5, 0.6) is 0 Å². The molecule has 0 aromatic heterocycles. The standard InChI is InChI=1S/C53H67NO14Si/c1-10-69(11-2,12-3)68-43(41(34-22-16-13-17-23-34)54-47(59)35-24-18-14-19-25-35)49(61)65-37-29-53(62)46(66-48(60)36-26-20-15-21-27-36)44-51(9,38(57)28-39-52(44,30-63-39)67-33(6)56)45(58)42(64-32(5)55)40(31(37)4)50(53,7)8/h13-27,37-39,41-46,57-58,62H,10-12,28-30H2,1-9H3,(H,54,59)/t37-,38-,39+,41-,42-,43+,44-,45-,46-,51+,52-,53+/m0/s1. The van der Waals surface area contributed by atoms with E-state index in [0.29, 0.717) is 34.8 Å². The van der Waals surface area contributed by atoms with E-state index >= 15 is 4.79 Å². The molecule has 69 heavy (non-hydrogen) atoms. The number of carbonyl (C=O) groups excluding carboxylic acids is 5. The van der Waals surface area contributed by atoms with E-state index in [1.165, 1.54) is 32.9 Å². The first-order valence-electron chi connectivity index (χ1n) is 24.0. The Morgan fingerprint density at radius 1 is 0.797 bits per heavy atom. The van der Waals surface area contributed by atoms with Gasteiger partial charge in [0.15, 0.2) is 26.1 Å². The number of rotatable bonds is 15. The van der Waals surface area contributed by atoms with Crippen molar-refractivity contribution in [2.45, 2.75) is 153 Å². The summed E-state index contributed by atoms with van der Waals surface area (Å²) < 4.78 is 38.6. The Labute approximate surface area is 405 Å². The van der Waals surface area contributed by atoms with Gasteiger partial charge in [-0.05, 0) is 66.0 Å². The van der Waals surface area contributed by atoms with Crippen LogP contribution in [0.25, 0.3) is 0 Å². The van der Waals surface area contributed by atoms with Crippen LogP contribution in [0.1, 0.15) is 107 Å². The molecular formula is C53H67NO14Si. The Bertz CT molecular complexity index is 2400. The molecule has 0 radical (unpaired) electrons. The quantitative estimate of drug-likeness (QED) is 0.0550. The Morgan fingerprint density at radius 2 is 1.36 bits per heavy atom. The number of ether oxygens (including phenoxy) is 5. The molecule has 372 valence electrons. The van der Waals surface area contributed by atoms with E-state index in [4.69, 9.17) is 28.1 Å². The third-order valence-electron chi connectivity index (χ3n) is 16.0. The van der Waals surface area contributed by atoms with Gasteiger partial charge in [-0.1, -0.05) is 108 Å². The van der Waals surface area contributed by atoms with Gasteiger partial charge in [0.25, 0.3) is 5.91 Å². The Balaban J connectivity index is 1.44. The SMILES string of the molecule is CC[Si](CC)(CC)O[C@@H](C(=O)O[C@H]1C[C@@]2(O)[C@@H](OC(=O)c3ccccc3)[C@@H]3[C@]4(OC(C)=O)CO[C@@H]4C[C@H](O)[C@@]3(C)[C@@H](O)[C@@H](OC(C)=O)C(=C1C)C2(C)C)[C@@H](NC(=O)c1ccccc1)c1ccccc1. The molecule has 0 spiro atoms. The van der Waals surface area contributed by atoms with Crippen molar-refractivity contribution in [3.63, 3.8) is 0 Å². The molecule has 0 unspecified atom stereocenters. The van der Waals surface area contributed by atoms with E-state index in [2.05, 4.69) is 5.32 Å². The van der Waals surface area contributed by atoms with Gasteiger partial charge in [-0.2, -0.15) is 0 Å². The summed E-state index contributed by atoms with van der Waals surface area (Å²) >= 11 is 0. The van der Waals surface area contributed by atoms with E-state index in [1.807, 2.05) is 26.8 Å². The summed E-state index contributed by atoms with van der Waals surface area (Å²) in [5.74, 6) is -5.18. The minimum absolute atomic E-state index is 0.117. The van der Waals surface area contributed by atoms with Gasteiger partial charge in [-0.25, -0.2) is 9.59 Å². The van der Waals surface area contributed by atoms with Gasteiger partial charge >= 0.3 is 23.9 Å². The Kier molecular flexibility index (Phi) is 14.9. The maximum absolute atomic E-state index is 15.5. The average molecular weight is 970 g/mol. The van der Waals surface area contributed by atoms with Crippen LogP contribution in [0.2, 0.25) is 18.1 Å². The Morgan fingerprint density at radius 3 is 1.88 bits per heavy atom. The molecule has 12 atom stereocenters. The molecular weight excluding hydrogens is 903 g/mol. The summed E-state index contributed by atoms with van der Waals surface area (Å²) in [6.07, 6.45) is -11.0. The molecule has 1 heterocycles. The second-order valence-corrected chi connectivity index (χ2v) is 24.6. The van der Waals surface area contributed by atoms with Crippen LogP contribution < -0.4 is 5.32 Å². The number of carbonyl (C=O) groups is 5. The number of nitrogens with one attached hydrogen (secondary N) is 1. The summed E-state index contributed by atoms with van der Waals surface area (Å²) in [5.41, 5.74) is -5.94. The highest BCUT2D eigenvalue weighted by Gasteiger charge is 2.78. The number of aliphatic hydroxyl groups excluding tert-OH is 2.